The van der Waals surface area contributed by atoms with Crippen LogP contribution in [0.25, 0.3) is 0 Å². The van der Waals surface area contributed by atoms with Crippen molar-refractivity contribution in [3.05, 3.63) is 0 Å². The molecule has 0 aromatic carbocycles. The monoisotopic (exact) mass is 474 g/mol. The molecule has 0 aliphatic heterocycles. The van der Waals surface area contributed by atoms with Crippen LogP contribution < -0.4 is 0 Å². The lowest BCUT2D eigenvalue weighted by Crippen LogP contribution is -2.10. The predicted molar refractivity (Wildman–Crippen MR) is 143 cm³/mol. The van der Waals surface area contributed by atoms with E-state index in [0.717, 1.165) is 25.7 Å². The van der Waals surface area contributed by atoms with Crippen molar-refractivity contribution < 1.29 is 13.6 Å². The minimum atomic E-state index is -2.92. The molecule has 32 heavy (non-hydrogen) atoms. The zero-order valence-corrected chi connectivity index (χ0v) is 23.4. The topological polar surface area (TPSA) is 35.5 Å². The normalized spacial score (nSPS) is 14.5. The van der Waals surface area contributed by atoms with Gasteiger partial charge >= 0.3 is 7.60 Å². The SMILES string of the molecule is CCCCCCCCCCCCCCCCOP(=O)(CCCC)OCC(CC)CCCC. The minimum absolute atomic E-state index is 0.509. The van der Waals surface area contributed by atoms with Crippen molar-refractivity contribution in [3.63, 3.8) is 0 Å². The Balaban J connectivity index is 3.78. The van der Waals surface area contributed by atoms with Crippen LogP contribution >= 0.6 is 7.60 Å². The maximum absolute atomic E-state index is 13.2. The molecule has 2 atom stereocenters. The van der Waals surface area contributed by atoms with Gasteiger partial charge < -0.3 is 9.05 Å². The van der Waals surface area contributed by atoms with Gasteiger partial charge in [0, 0.05) is 0 Å². The lowest BCUT2D eigenvalue weighted by Gasteiger charge is -2.22. The largest absolute Gasteiger partial charge is 0.330 e. The molecular weight excluding hydrogens is 415 g/mol. The van der Waals surface area contributed by atoms with Gasteiger partial charge in [-0.15, -0.1) is 0 Å². The number of unbranched alkanes of at least 4 members (excludes halogenated alkanes) is 15. The molecule has 0 saturated heterocycles. The molecule has 0 bridgehead atoms. The van der Waals surface area contributed by atoms with E-state index in [0.29, 0.717) is 25.3 Å². The molecule has 0 saturated carbocycles. The third kappa shape index (κ3) is 20.7. The Labute approximate surface area is 202 Å². The molecule has 0 heterocycles. The van der Waals surface area contributed by atoms with E-state index in [-0.39, 0.29) is 0 Å². The molecule has 0 spiro atoms. The first-order chi connectivity index (χ1) is 15.6. The van der Waals surface area contributed by atoms with Crippen LogP contribution in [0.4, 0.5) is 0 Å². The minimum Gasteiger partial charge on any atom is -0.309 e. The van der Waals surface area contributed by atoms with E-state index in [1.54, 1.807) is 0 Å². The number of hydrogen-bond donors (Lipinski definition) is 0. The smallest absolute Gasteiger partial charge is 0.309 e. The van der Waals surface area contributed by atoms with Gasteiger partial charge in [0.15, 0.2) is 0 Å². The highest BCUT2D eigenvalue weighted by atomic mass is 31.2. The average molecular weight is 475 g/mol. The Hall–Kier alpha value is 0.150. The summed E-state index contributed by atoms with van der Waals surface area (Å²) in [6.45, 7) is 10.0. The molecule has 194 valence electrons. The summed E-state index contributed by atoms with van der Waals surface area (Å²) in [6.07, 6.45) is 26.1. The van der Waals surface area contributed by atoms with Crippen LogP contribution in [-0.2, 0) is 13.6 Å². The summed E-state index contributed by atoms with van der Waals surface area (Å²) in [6, 6.07) is 0. The summed E-state index contributed by atoms with van der Waals surface area (Å²) < 4.78 is 25.0. The first-order valence-electron chi connectivity index (χ1n) is 14.5. The molecule has 0 rings (SSSR count). The summed E-state index contributed by atoms with van der Waals surface area (Å²) in [5.41, 5.74) is 0. The summed E-state index contributed by atoms with van der Waals surface area (Å²) in [5, 5.41) is 0. The second-order valence-corrected chi connectivity index (χ2v) is 12.0. The highest BCUT2D eigenvalue weighted by molar-refractivity contribution is 7.53. The Morgan fingerprint density at radius 3 is 1.50 bits per heavy atom. The van der Waals surface area contributed by atoms with Crippen molar-refractivity contribution in [2.75, 3.05) is 19.4 Å². The zero-order chi connectivity index (χ0) is 23.8. The van der Waals surface area contributed by atoms with Gasteiger partial charge in [0.25, 0.3) is 0 Å². The quantitative estimate of drug-likeness (QED) is 0.0923. The van der Waals surface area contributed by atoms with Crippen LogP contribution in [0.15, 0.2) is 0 Å². The molecule has 4 heteroatoms. The van der Waals surface area contributed by atoms with E-state index in [2.05, 4.69) is 27.7 Å². The standard InChI is InChI=1S/C28H59O3P/c1-5-9-12-13-14-15-16-17-18-19-20-21-22-23-25-30-32(29,26-11-7-3)31-27-28(8-4)24-10-6-2/h28H,5-27H2,1-4H3. The van der Waals surface area contributed by atoms with Crippen LogP contribution in [0.5, 0.6) is 0 Å². The fourth-order valence-electron chi connectivity index (χ4n) is 4.14. The highest BCUT2D eigenvalue weighted by Gasteiger charge is 2.25. The van der Waals surface area contributed by atoms with Crippen molar-refractivity contribution in [3.8, 4) is 0 Å². The van der Waals surface area contributed by atoms with E-state index < -0.39 is 7.60 Å². The maximum Gasteiger partial charge on any atom is 0.330 e. The summed E-state index contributed by atoms with van der Waals surface area (Å²) in [4.78, 5) is 0. The lowest BCUT2D eigenvalue weighted by molar-refractivity contribution is 0.169. The van der Waals surface area contributed by atoms with Gasteiger partial charge in [0.2, 0.25) is 0 Å². The molecule has 0 aliphatic carbocycles. The fraction of sp³-hybridized carbons (Fsp3) is 1.00. The molecule has 0 amide bonds. The van der Waals surface area contributed by atoms with Crippen LogP contribution in [0.2, 0.25) is 0 Å². The van der Waals surface area contributed by atoms with Gasteiger partial charge in [-0.25, -0.2) is 0 Å². The summed E-state index contributed by atoms with van der Waals surface area (Å²) in [5.74, 6) is 0.509. The third-order valence-electron chi connectivity index (χ3n) is 6.62. The number of rotatable bonds is 26. The molecule has 0 fully saturated rings. The van der Waals surface area contributed by atoms with E-state index in [9.17, 15) is 4.57 Å². The van der Waals surface area contributed by atoms with E-state index >= 15 is 0 Å². The van der Waals surface area contributed by atoms with Crippen molar-refractivity contribution in [2.24, 2.45) is 5.92 Å². The molecule has 2 unspecified atom stereocenters. The molecule has 3 nitrogen and oxygen atoms in total. The summed E-state index contributed by atoms with van der Waals surface area (Å²) in [7, 11) is -2.92. The van der Waals surface area contributed by atoms with E-state index in [1.165, 1.54) is 103 Å². The summed E-state index contributed by atoms with van der Waals surface area (Å²) >= 11 is 0. The van der Waals surface area contributed by atoms with Gasteiger partial charge in [-0.05, 0) is 25.2 Å². The predicted octanol–water partition coefficient (Wildman–Crippen LogP) is 10.7. The average Bonchev–Trinajstić information content (AvgIpc) is 2.80. The van der Waals surface area contributed by atoms with Crippen molar-refractivity contribution in [1.29, 1.82) is 0 Å². The van der Waals surface area contributed by atoms with Crippen molar-refractivity contribution in [2.45, 2.75) is 156 Å². The molecule has 0 aromatic rings. The van der Waals surface area contributed by atoms with Gasteiger partial charge in [-0.2, -0.15) is 0 Å². The molecule has 0 radical (unpaired) electrons. The van der Waals surface area contributed by atoms with E-state index in [4.69, 9.17) is 9.05 Å². The Morgan fingerprint density at radius 2 is 1.03 bits per heavy atom. The first kappa shape index (κ1) is 32.1. The van der Waals surface area contributed by atoms with Crippen LogP contribution in [0.3, 0.4) is 0 Å². The van der Waals surface area contributed by atoms with Crippen molar-refractivity contribution >= 4 is 7.60 Å². The molecular formula is C28H59O3P. The fourth-order valence-corrected chi connectivity index (χ4v) is 6.02. The third-order valence-corrected chi connectivity index (χ3v) is 8.60. The second kappa shape index (κ2) is 24.3. The molecule has 0 N–H and O–H groups in total. The second-order valence-electron chi connectivity index (χ2n) is 9.83. The lowest BCUT2D eigenvalue weighted by atomic mass is 10.0. The first-order valence-corrected chi connectivity index (χ1v) is 16.2. The zero-order valence-electron chi connectivity index (χ0n) is 22.5. The van der Waals surface area contributed by atoms with Crippen LogP contribution in [0.1, 0.15) is 156 Å². The van der Waals surface area contributed by atoms with Crippen LogP contribution in [0, 0.1) is 5.92 Å². The molecule has 0 aromatic heterocycles. The van der Waals surface area contributed by atoms with E-state index in [1.807, 2.05) is 0 Å². The van der Waals surface area contributed by atoms with Gasteiger partial charge in [-0.3, -0.25) is 4.57 Å². The van der Waals surface area contributed by atoms with Gasteiger partial charge in [0.1, 0.15) is 0 Å². The van der Waals surface area contributed by atoms with Crippen LogP contribution in [-0.4, -0.2) is 19.4 Å². The van der Waals surface area contributed by atoms with Gasteiger partial charge in [0.05, 0.1) is 19.4 Å². The van der Waals surface area contributed by atoms with Gasteiger partial charge in [-0.1, -0.05) is 137 Å². The number of hydrogen-bond acceptors (Lipinski definition) is 3. The Morgan fingerprint density at radius 1 is 0.562 bits per heavy atom. The maximum atomic E-state index is 13.2. The Kier molecular flexibility index (Phi) is 24.4. The van der Waals surface area contributed by atoms with Crippen molar-refractivity contribution in [1.82, 2.24) is 0 Å². The highest BCUT2D eigenvalue weighted by Crippen LogP contribution is 2.49. The molecule has 0 aliphatic rings. The Bertz CT molecular complexity index is 413.